The molecule has 0 heterocycles. The van der Waals surface area contributed by atoms with Crippen LogP contribution in [0.1, 0.15) is 6.42 Å². The van der Waals surface area contributed by atoms with Crippen molar-refractivity contribution in [1.29, 1.82) is 0 Å². The van der Waals surface area contributed by atoms with Crippen molar-refractivity contribution >= 4 is 41.1 Å². The van der Waals surface area contributed by atoms with Gasteiger partial charge in [0, 0.05) is 5.75 Å². The second-order valence-electron chi connectivity index (χ2n) is 1.57. The lowest BCUT2D eigenvalue weighted by Crippen LogP contribution is -2.07. The SMILES string of the molecule is O=C(CS)OCCCSS. The van der Waals surface area contributed by atoms with E-state index in [2.05, 4.69) is 24.3 Å². The van der Waals surface area contributed by atoms with E-state index in [4.69, 9.17) is 4.74 Å². The Hall–Kier alpha value is 0.520. The summed E-state index contributed by atoms with van der Waals surface area (Å²) in [4.78, 5) is 10.5. The molecule has 2 nitrogen and oxygen atoms in total. The van der Waals surface area contributed by atoms with Gasteiger partial charge < -0.3 is 4.74 Å². The largest absolute Gasteiger partial charge is 0.465 e. The van der Waals surface area contributed by atoms with E-state index in [1.165, 1.54) is 10.8 Å². The lowest BCUT2D eigenvalue weighted by atomic mass is 10.5. The van der Waals surface area contributed by atoms with Crippen molar-refractivity contribution in [3.63, 3.8) is 0 Å². The molecule has 0 aromatic heterocycles. The molecule has 0 saturated carbocycles. The van der Waals surface area contributed by atoms with Crippen LogP contribution in [0, 0.1) is 0 Å². The molecular formula is C5H10O2S3. The second-order valence-corrected chi connectivity index (χ2v) is 3.32. The van der Waals surface area contributed by atoms with Gasteiger partial charge in [-0.25, -0.2) is 0 Å². The molecule has 0 aromatic carbocycles. The summed E-state index contributed by atoms with van der Waals surface area (Å²) in [7, 11) is 1.44. The summed E-state index contributed by atoms with van der Waals surface area (Å²) in [6.45, 7) is 0.479. The molecule has 0 aliphatic rings. The highest BCUT2D eigenvalue weighted by Crippen LogP contribution is 2.05. The number of hydrogen-bond acceptors (Lipinski definition) is 5. The first-order valence-electron chi connectivity index (χ1n) is 2.84. The summed E-state index contributed by atoms with van der Waals surface area (Å²) < 4.78 is 4.73. The van der Waals surface area contributed by atoms with Crippen LogP contribution in [-0.2, 0) is 9.53 Å². The van der Waals surface area contributed by atoms with Crippen LogP contribution in [0.25, 0.3) is 0 Å². The minimum absolute atomic E-state index is 0.161. The summed E-state index contributed by atoms with van der Waals surface area (Å²) in [5, 5.41) is 0. The fourth-order valence-electron chi connectivity index (χ4n) is 0.355. The average molecular weight is 198 g/mol. The maximum atomic E-state index is 10.5. The number of hydrogen-bond donors (Lipinski definition) is 2. The summed E-state index contributed by atoms with van der Waals surface area (Å²) in [6.07, 6.45) is 0.855. The minimum Gasteiger partial charge on any atom is -0.465 e. The van der Waals surface area contributed by atoms with Crippen molar-refractivity contribution in [3.8, 4) is 0 Å². The van der Waals surface area contributed by atoms with Crippen molar-refractivity contribution in [1.82, 2.24) is 0 Å². The van der Waals surface area contributed by atoms with E-state index in [0.717, 1.165) is 12.2 Å². The van der Waals surface area contributed by atoms with E-state index >= 15 is 0 Å². The molecule has 0 atom stereocenters. The molecule has 0 bridgehead atoms. The monoisotopic (exact) mass is 198 g/mol. The summed E-state index contributed by atoms with van der Waals surface area (Å²) >= 11 is 7.67. The Balaban J connectivity index is 2.96. The van der Waals surface area contributed by atoms with Gasteiger partial charge in [-0.1, -0.05) is 10.8 Å². The van der Waals surface area contributed by atoms with Crippen LogP contribution in [0.15, 0.2) is 0 Å². The lowest BCUT2D eigenvalue weighted by molar-refractivity contribution is -0.140. The standard InChI is InChI=1S/C5H10O2S3/c6-5(4-8)7-2-1-3-10-9/h8-9H,1-4H2. The van der Waals surface area contributed by atoms with E-state index in [9.17, 15) is 4.79 Å². The molecule has 0 unspecified atom stereocenters. The number of ether oxygens (including phenoxy) is 1. The summed E-state index contributed by atoms with van der Waals surface area (Å²) in [5.74, 6) is 0.810. The molecule has 0 N–H and O–H groups in total. The second kappa shape index (κ2) is 7.63. The molecular weight excluding hydrogens is 188 g/mol. The van der Waals surface area contributed by atoms with Crippen molar-refractivity contribution < 1.29 is 9.53 Å². The van der Waals surface area contributed by atoms with Crippen LogP contribution < -0.4 is 0 Å². The van der Waals surface area contributed by atoms with E-state index in [1.54, 1.807) is 0 Å². The lowest BCUT2D eigenvalue weighted by Gasteiger charge is -1.99. The van der Waals surface area contributed by atoms with E-state index < -0.39 is 0 Å². The van der Waals surface area contributed by atoms with Crippen LogP contribution in [-0.4, -0.2) is 24.1 Å². The van der Waals surface area contributed by atoms with Gasteiger partial charge in [0.1, 0.15) is 0 Å². The highest BCUT2D eigenvalue weighted by Gasteiger charge is 1.96. The van der Waals surface area contributed by atoms with Gasteiger partial charge >= 0.3 is 5.97 Å². The molecule has 0 saturated heterocycles. The molecule has 0 radical (unpaired) electrons. The molecule has 0 aliphatic carbocycles. The van der Waals surface area contributed by atoms with Gasteiger partial charge in [0.25, 0.3) is 0 Å². The fourth-order valence-corrected chi connectivity index (χ4v) is 1.08. The number of thiol groups is 2. The first-order chi connectivity index (χ1) is 4.81. The zero-order valence-corrected chi connectivity index (χ0v) is 8.05. The molecule has 0 aromatic rings. The Morgan fingerprint density at radius 3 is 2.80 bits per heavy atom. The topological polar surface area (TPSA) is 26.3 Å². The van der Waals surface area contributed by atoms with Crippen molar-refractivity contribution in [3.05, 3.63) is 0 Å². The Morgan fingerprint density at radius 2 is 2.30 bits per heavy atom. The van der Waals surface area contributed by atoms with Gasteiger partial charge in [-0.05, 0) is 6.42 Å². The third-order valence-corrected chi connectivity index (χ3v) is 2.05. The fraction of sp³-hybridized carbons (Fsp3) is 0.800. The van der Waals surface area contributed by atoms with Gasteiger partial charge in [-0.3, -0.25) is 4.79 Å². The van der Waals surface area contributed by atoms with Gasteiger partial charge in [0.2, 0.25) is 0 Å². The van der Waals surface area contributed by atoms with Gasteiger partial charge in [0.15, 0.2) is 0 Å². The van der Waals surface area contributed by atoms with Crippen LogP contribution in [0.2, 0.25) is 0 Å². The summed E-state index contributed by atoms with van der Waals surface area (Å²) in [5.41, 5.74) is 0. The Labute approximate surface area is 75.3 Å². The number of carbonyl (C=O) groups is 1. The Morgan fingerprint density at radius 1 is 1.60 bits per heavy atom. The average Bonchev–Trinajstić information content (AvgIpc) is 1.98. The van der Waals surface area contributed by atoms with Crippen molar-refractivity contribution in [2.45, 2.75) is 6.42 Å². The molecule has 0 rings (SSSR count). The Bertz CT molecular complexity index is 96.9. The number of esters is 1. The third-order valence-electron chi connectivity index (χ3n) is 0.772. The van der Waals surface area contributed by atoms with Crippen LogP contribution in [0.5, 0.6) is 0 Å². The normalized spacial score (nSPS) is 9.40. The molecule has 10 heavy (non-hydrogen) atoms. The van der Waals surface area contributed by atoms with Gasteiger partial charge in [-0.15, -0.1) is 11.7 Å². The minimum atomic E-state index is -0.257. The molecule has 5 heteroatoms. The first-order valence-corrected chi connectivity index (χ1v) is 5.51. The molecule has 0 fully saturated rings. The smallest absolute Gasteiger partial charge is 0.315 e. The number of carbonyl (C=O) groups excluding carboxylic acids is 1. The predicted molar refractivity (Wildman–Crippen MR) is 50.9 cm³/mol. The molecule has 60 valence electrons. The maximum Gasteiger partial charge on any atom is 0.315 e. The van der Waals surface area contributed by atoms with Gasteiger partial charge in [0.05, 0.1) is 12.4 Å². The van der Waals surface area contributed by atoms with E-state index in [1.807, 2.05) is 0 Å². The van der Waals surface area contributed by atoms with Crippen LogP contribution >= 0.6 is 35.1 Å². The van der Waals surface area contributed by atoms with Gasteiger partial charge in [-0.2, -0.15) is 12.6 Å². The summed E-state index contributed by atoms with van der Waals surface area (Å²) in [6, 6.07) is 0. The van der Waals surface area contributed by atoms with E-state index in [0.29, 0.717) is 6.61 Å². The quantitative estimate of drug-likeness (QED) is 0.303. The third kappa shape index (κ3) is 6.64. The molecule has 0 amide bonds. The Kier molecular flexibility index (Phi) is 8.02. The predicted octanol–water partition coefficient (Wildman–Crippen LogP) is 1.43. The highest BCUT2D eigenvalue weighted by atomic mass is 33.1. The van der Waals surface area contributed by atoms with E-state index in [-0.39, 0.29) is 11.7 Å². The van der Waals surface area contributed by atoms with Crippen LogP contribution in [0.4, 0.5) is 0 Å². The zero-order valence-electron chi connectivity index (χ0n) is 5.45. The number of rotatable bonds is 5. The van der Waals surface area contributed by atoms with Crippen LogP contribution in [0.3, 0.4) is 0 Å². The highest BCUT2D eigenvalue weighted by molar-refractivity contribution is 8.68. The molecule has 0 spiro atoms. The maximum absolute atomic E-state index is 10.5. The van der Waals surface area contributed by atoms with Crippen molar-refractivity contribution in [2.75, 3.05) is 18.1 Å². The van der Waals surface area contributed by atoms with Crippen molar-refractivity contribution in [2.24, 2.45) is 0 Å². The first kappa shape index (κ1) is 10.5. The molecule has 0 aliphatic heterocycles. The zero-order chi connectivity index (χ0) is 7.82.